The highest BCUT2D eigenvalue weighted by atomic mass is 35.5. The molecule has 0 amide bonds. The Labute approximate surface area is 103 Å². The molecule has 0 aromatic heterocycles. The molecular weight excluding hydrogens is 277 g/mol. The number of hydrogen-bond acceptors (Lipinski definition) is 4. The minimum absolute atomic E-state index is 0.437. The van der Waals surface area contributed by atoms with Crippen LogP contribution in [0.1, 0.15) is 21.5 Å². The predicted octanol–water partition coefficient (Wildman–Crippen LogP) is 2.86. The molecule has 0 N–H and O–H groups in total. The van der Waals surface area contributed by atoms with Gasteiger partial charge in [-0.15, -0.1) is 0 Å². The van der Waals surface area contributed by atoms with Gasteiger partial charge in [-0.1, -0.05) is 0 Å². The smallest absolute Gasteiger partial charge is 0.276 e. The Kier molecular flexibility index (Phi) is 3.57. The molecule has 0 spiro atoms. The summed E-state index contributed by atoms with van der Waals surface area (Å²) in [5.41, 5.74) is -4.72. The lowest BCUT2D eigenvalue weighted by Crippen LogP contribution is -2.14. The van der Waals surface area contributed by atoms with Crippen LogP contribution < -0.4 is 0 Å². The predicted molar refractivity (Wildman–Crippen MR) is 53.0 cm³/mol. The van der Waals surface area contributed by atoms with E-state index in [0.29, 0.717) is 12.1 Å². The molecule has 0 saturated carbocycles. The Balaban J connectivity index is 3.79. The molecule has 94 valence electrons. The average molecular weight is 279 g/mol. The van der Waals surface area contributed by atoms with Crippen LogP contribution in [0.4, 0.5) is 18.9 Å². The monoisotopic (exact) mass is 278 g/mol. The van der Waals surface area contributed by atoms with Gasteiger partial charge in [0.05, 0.1) is 22.1 Å². The van der Waals surface area contributed by atoms with Crippen molar-refractivity contribution in [2.45, 2.75) is 6.18 Å². The second-order valence-corrected chi connectivity index (χ2v) is 3.40. The van der Waals surface area contributed by atoms with E-state index in [-0.39, 0.29) is 0 Å². The second kappa shape index (κ2) is 4.62. The van der Waals surface area contributed by atoms with Gasteiger partial charge < -0.3 is 0 Å². The van der Waals surface area contributed by atoms with Crippen molar-refractivity contribution in [1.82, 2.24) is 0 Å². The summed E-state index contributed by atoms with van der Waals surface area (Å²) in [7, 11) is 0. The Morgan fingerprint density at radius 3 is 2.33 bits per heavy atom. The number of nitro benzene ring substituents is 1. The summed E-state index contributed by atoms with van der Waals surface area (Å²) in [6.45, 7) is 0. The van der Waals surface area contributed by atoms with Gasteiger partial charge in [0.1, 0.15) is 5.56 Å². The third kappa shape index (κ3) is 2.57. The fourth-order valence-corrected chi connectivity index (χ4v) is 1.44. The van der Waals surface area contributed by atoms with E-state index in [2.05, 4.69) is 0 Å². The molecule has 18 heavy (non-hydrogen) atoms. The van der Waals surface area contributed by atoms with E-state index in [1.807, 2.05) is 0 Å². The van der Waals surface area contributed by atoms with Gasteiger partial charge in [-0.2, -0.15) is 18.4 Å². The molecule has 1 rings (SSSR count). The fourth-order valence-electron chi connectivity index (χ4n) is 1.29. The summed E-state index contributed by atoms with van der Waals surface area (Å²) < 4.78 is 38.0. The lowest BCUT2D eigenvalue weighted by Gasteiger charge is -2.10. The molecule has 0 saturated heterocycles. The summed E-state index contributed by atoms with van der Waals surface area (Å²) in [5.74, 6) is 0. The largest absolute Gasteiger partial charge is 0.423 e. The van der Waals surface area contributed by atoms with Gasteiger partial charge >= 0.3 is 6.18 Å². The van der Waals surface area contributed by atoms with E-state index in [1.54, 1.807) is 0 Å². The van der Waals surface area contributed by atoms with E-state index in [0.717, 1.165) is 0 Å². The highest BCUT2D eigenvalue weighted by molar-refractivity contribution is 6.68. The molecule has 0 aliphatic carbocycles. The number of benzene rings is 1. The van der Waals surface area contributed by atoms with Crippen LogP contribution in [-0.2, 0) is 6.18 Å². The Morgan fingerprint density at radius 2 is 2.00 bits per heavy atom. The molecule has 0 heterocycles. The Bertz CT molecular complexity index is 542. The molecule has 0 radical (unpaired) electrons. The molecule has 5 nitrogen and oxygen atoms in total. The molecule has 1 aromatic carbocycles. The van der Waals surface area contributed by atoms with Gasteiger partial charge in [0.2, 0.25) is 0 Å². The van der Waals surface area contributed by atoms with Gasteiger partial charge in [0.25, 0.3) is 10.9 Å². The highest BCUT2D eigenvalue weighted by Gasteiger charge is 2.42. The number of alkyl halides is 3. The van der Waals surface area contributed by atoms with Crippen LogP contribution in [0.3, 0.4) is 0 Å². The Hall–Kier alpha value is -2.14. The lowest BCUT2D eigenvalue weighted by atomic mass is 10.0. The maximum Gasteiger partial charge on any atom is 0.423 e. The Morgan fingerprint density at radius 1 is 1.44 bits per heavy atom. The molecular formula is C9H2ClF3N2O3. The summed E-state index contributed by atoms with van der Waals surface area (Å²) in [5, 5.41) is 17.6. The van der Waals surface area contributed by atoms with E-state index in [1.165, 1.54) is 6.07 Å². The van der Waals surface area contributed by atoms with E-state index < -0.39 is 38.7 Å². The normalized spacial score (nSPS) is 10.8. The van der Waals surface area contributed by atoms with Gasteiger partial charge in [0.15, 0.2) is 0 Å². The van der Waals surface area contributed by atoms with Crippen LogP contribution in [-0.4, -0.2) is 10.2 Å². The van der Waals surface area contributed by atoms with Crippen LogP contribution in [0.5, 0.6) is 0 Å². The van der Waals surface area contributed by atoms with Crippen molar-refractivity contribution in [1.29, 1.82) is 5.26 Å². The van der Waals surface area contributed by atoms with Crippen LogP contribution in [0.2, 0.25) is 0 Å². The topological polar surface area (TPSA) is 84.0 Å². The molecule has 9 heteroatoms. The summed E-state index contributed by atoms with van der Waals surface area (Å²) in [4.78, 5) is 20.1. The molecule has 0 aliphatic rings. The second-order valence-electron chi connectivity index (χ2n) is 3.06. The van der Waals surface area contributed by atoms with Crippen LogP contribution in [0.25, 0.3) is 0 Å². The number of rotatable bonds is 2. The van der Waals surface area contributed by atoms with E-state index >= 15 is 0 Å². The number of nitro groups is 1. The molecule has 0 bridgehead atoms. The van der Waals surface area contributed by atoms with Crippen molar-refractivity contribution < 1.29 is 22.9 Å². The SMILES string of the molecule is N#Cc1cc(C(=O)Cl)c(C(F)(F)F)c([N+](=O)[O-])c1. The zero-order valence-electron chi connectivity index (χ0n) is 8.29. The van der Waals surface area contributed by atoms with Gasteiger partial charge in [0, 0.05) is 6.07 Å². The van der Waals surface area contributed by atoms with E-state index in [4.69, 9.17) is 16.9 Å². The maximum atomic E-state index is 12.7. The lowest BCUT2D eigenvalue weighted by molar-refractivity contribution is -0.388. The molecule has 0 fully saturated rings. The first-order valence-electron chi connectivity index (χ1n) is 4.18. The van der Waals surface area contributed by atoms with Gasteiger partial charge in [-0.25, -0.2) is 0 Å². The van der Waals surface area contributed by atoms with Crippen molar-refractivity contribution >= 4 is 22.5 Å². The average Bonchev–Trinajstić information content (AvgIpc) is 2.25. The number of nitriles is 1. The van der Waals surface area contributed by atoms with Crippen molar-refractivity contribution in [3.05, 3.63) is 38.9 Å². The first-order chi connectivity index (χ1) is 8.18. The van der Waals surface area contributed by atoms with Crippen molar-refractivity contribution in [3.63, 3.8) is 0 Å². The number of halogens is 4. The van der Waals surface area contributed by atoms with Crippen molar-refractivity contribution in [3.8, 4) is 6.07 Å². The summed E-state index contributed by atoms with van der Waals surface area (Å²) >= 11 is 4.95. The minimum Gasteiger partial charge on any atom is -0.276 e. The maximum absolute atomic E-state index is 12.7. The first kappa shape index (κ1) is 13.9. The van der Waals surface area contributed by atoms with Crippen molar-refractivity contribution in [2.75, 3.05) is 0 Å². The summed E-state index contributed by atoms with van der Waals surface area (Å²) in [6.07, 6.45) is -5.13. The standard InChI is InChI=1S/C9H2ClF3N2O3/c10-8(16)5-1-4(3-14)2-6(15(17)18)7(5)9(11,12)13/h1-2H. The zero-order valence-corrected chi connectivity index (χ0v) is 9.04. The summed E-state index contributed by atoms with van der Waals surface area (Å²) in [6, 6.07) is 2.41. The third-order valence-corrected chi connectivity index (χ3v) is 2.14. The van der Waals surface area contributed by atoms with Gasteiger partial charge in [-0.05, 0) is 17.7 Å². The minimum atomic E-state index is -5.13. The highest BCUT2D eigenvalue weighted by Crippen LogP contribution is 2.39. The quantitative estimate of drug-likeness (QED) is 0.473. The molecule has 1 aromatic rings. The molecule has 0 aliphatic heterocycles. The van der Waals surface area contributed by atoms with Crippen LogP contribution >= 0.6 is 11.6 Å². The first-order valence-corrected chi connectivity index (χ1v) is 4.56. The molecule has 0 unspecified atom stereocenters. The number of carbonyl (C=O) groups excluding carboxylic acids is 1. The van der Waals surface area contributed by atoms with Crippen LogP contribution in [0, 0.1) is 21.4 Å². The number of carbonyl (C=O) groups is 1. The zero-order chi connectivity index (χ0) is 14.1. The molecule has 0 atom stereocenters. The number of nitrogens with zero attached hydrogens (tertiary/aromatic N) is 2. The van der Waals surface area contributed by atoms with Gasteiger partial charge in [-0.3, -0.25) is 14.9 Å². The van der Waals surface area contributed by atoms with Crippen molar-refractivity contribution in [2.24, 2.45) is 0 Å². The van der Waals surface area contributed by atoms with Crippen LogP contribution in [0.15, 0.2) is 12.1 Å². The fraction of sp³-hybridized carbons (Fsp3) is 0.111. The van der Waals surface area contributed by atoms with E-state index in [9.17, 15) is 28.1 Å². The number of hydrogen-bond donors (Lipinski definition) is 0. The third-order valence-electron chi connectivity index (χ3n) is 1.94.